The molecule has 0 N–H and O–H groups in total. The van der Waals surface area contributed by atoms with Crippen LogP contribution in [0.4, 0.5) is 0 Å². The Labute approximate surface area is 194 Å². The van der Waals surface area contributed by atoms with Crippen LogP contribution in [0.15, 0.2) is 72.8 Å². The fraction of sp³-hybridized carbons (Fsp3) is 0.370. The number of amides is 1. The van der Waals surface area contributed by atoms with Crippen LogP contribution in [0.1, 0.15) is 43.9 Å². The monoisotopic (exact) mass is 443 g/mol. The summed E-state index contributed by atoms with van der Waals surface area (Å²) in [6.45, 7) is 6.29. The number of rotatable bonds is 3. The summed E-state index contributed by atoms with van der Waals surface area (Å²) in [5, 5.41) is 14.8. The second-order valence-corrected chi connectivity index (χ2v) is 10.3. The molecule has 170 valence electrons. The average Bonchev–Trinajstić information content (AvgIpc) is 3.26. The van der Waals surface area contributed by atoms with Gasteiger partial charge in [0.05, 0.1) is 12.1 Å². The van der Waals surface area contributed by atoms with Gasteiger partial charge in [0.1, 0.15) is 12.1 Å². The molecular formula is C27H29N3O3. The van der Waals surface area contributed by atoms with Gasteiger partial charge < -0.3 is 4.90 Å². The summed E-state index contributed by atoms with van der Waals surface area (Å²) in [6.07, 6.45) is -0.248. The summed E-state index contributed by atoms with van der Waals surface area (Å²) in [5.41, 5.74) is 1.45. The largest absolute Gasteiger partial charge is 0.328 e. The van der Waals surface area contributed by atoms with Crippen LogP contribution in [0, 0.1) is 15.5 Å². The van der Waals surface area contributed by atoms with Crippen molar-refractivity contribution in [1.82, 2.24) is 9.80 Å². The normalized spacial score (nSPS) is 27.8. The van der Waals surface area contributed by atoms with Gasteiger partial charge in [0.2, 0.25) is 11.9 Å². The molecule has 2 unspecified atom stereocenters. The van der Waals surface area contributed by atoms with Crippen LogP contribution >= 0.6 is 0 Å². The maximum absolute atomic E-state index is 13.6. The van der Waals surface area contributed by atoms with E-state index in [4.69, 9.17) is 0 Å². The fourth-order valence-electron chi connectivity index (χ4n) is 6.12. The van der Waals surface area contributed by atoms with E-state index in [1.54, 1.807) is 4.90 Å². The van der Waals surface area contributed by atoms with Crippen molar-refractivity contribution < 1.29 is 9.72 Å². The zero-order chi connectivity index (χ0) is 23.5. The highest BCUT2D eigenvalue weighted by Gasteiger charge is 2.66. The Bertz CT molecular complexity index is 1220. The van der Waals surface area contributed by atoms with Crippen molar-refractivity contribution in [2.75, 3.05) is 7.05 Å². The average molecular weight is 444 g/mol. The summed E-state index contributed by atoms with van der Waals surface area (Å²) < 4.78 is 0. The summed E-state index contributed by atoms with van der Waals surface area (Å²) >= 11 is 0. The molecular weight excluding hydrogens is 414 g/mol. The molecule has 0 spiro atoms. The van der Waals surface area contributed by atoms with Crippen molar-refractivity contribution in [2.45, 2.75) is 51.0 Å². The molecule has 5 atom stereocenters. The summed E-state index contributed by atoms with van der Waals surface area (Å²) in [4.78, 5) is 30.1. The number of benzene rings is 3. The number of nitrogens with zero attached hydrogens (tertiary/aromatic N) is 3. The van der Waals surface area contributed by atoms with Crippen LogP contribution in [-0.4, -0.2) is 45.9 Å². The first kappa shape index (κ1) is 21.6. The first-order valence-corrected chi connectivity index (χ1v) is 11.4. The first-order chi connectivity index (χ1) is 15.7. The van der Waals surface area contributed by atoms with Gasteiger partial charge in [-0.3, -0.25) is 19.8 Å². The third kappa shape index (κ3) is 3.32. The number of hydrogen-bond donors (Lipinski definition) is 0. The lowest BCUT2D eigenvalue weighted by molar-refractivity contribution is -0.529. The van der Waals surface area contributed by atoms with Gasteiger partial charge in [-0.25, -0.2) is 0 Å². The topological polar surface area (TPSA) is 66.7 Å². The minimum Gasteiger partial charge on any atom is -0.328 e. The minimum absolute atomic E-state index is 0.0427. The van der Waals surface area contributed by atoms with Crippen LogP contribution in [0.2, 0.25) is 0 Å². The Morgan fingerprint density at radius 3 is 2.12 bits per heavy atom. The van der Waals surface area contributed by atoms with Crippen molar-refractivity contribution in [3.8, 4) is 0 Å². The zero-order valence-electron chi connectivity index (χ0n) is 19.4. The Morgan fingerprint density at radius 2 is 1.48 bits per heavy atom. The van der Waals surface area contributed by atoms with Gasteiger partial charge in [0.15, 0.2) is 0 Å². The molecule has 1 amide bonds. The number of fused-ring (bicyclic) bond motifs is 2. The number of nitro groups is 1. The lowest BCUT2D eigenvalue weighted by Crippen LogP contribution is -2.49. The zero-order valence-corrected chi connectivity index (χ0v) is 19.4. The van der Waals surface area contributed by atoms with Crippen LogP contribution < -0.4 is 0 Å². The van der Waals surface area contributed by atoms with Gasteiger partial charge in [-0.1, -0.05) is 87.5 Å². The second kappa shape index (κ2) is 7.66. The highest BCUT2D eigenvalue weighted by Crippen LogP contribution is 2.54. The molecule has 0 radical (unpaired) electrons. The fourth-order valence-corrected chi connectivity index (χ4v) is 6.12. The van der Waals surface area contributed by atoms with Crippen molar-refractivity contribution >= 4 is 16.7 Å². The van der Waals surface area contributed by atoms with E-state index in [9.17, 15) is 14.9 Å². The highest BCUT2D eigenvalue weighted by molar-refractivity contribution is 5.87. The van der Waals surface area contributed by atoms with E-state index in [2.05, 4.69) is 31.7 Å². The van der Waals surface area contributed by atoms with Crippen LogP contribution in [-0.2, 0) is 4.79 Å². The van der Waals surface area contributed by atoms with Crippen molar-refractivity contribution in [1.29, 1.82) is 0 Å². The molecule has 2 fully saturated rings. The molecule has 5 rings (SSSR count). The van der Waals surface area contributed by atoms with E-state index in [1.807, 2.05) is 73.8 Å². The SMILES string of the molecule is CN1C(=O)C2[C@@H](c3ccccc3)[C@H]([N+](=O)[O-])[C@@H](c3ccc4ccccc4c3)N2C1C(C)(C)C. The molecule has 6 nitrogen and oxygen atoms in total. The maximum atomic E-state index is 13.6. The molecule has 2 saturated heterocycles. The first-order valence-electron chi connectivity index (χ1n) is 11.4. The number of carbonyl (C=O) groups is 1. The van der Waals surface area contributed by atoms with Gasteiger partial charge in [0.25, 0.3) is 0 Å². The minimum atomic E-state index is -0.930. The number of hydrogen-bond acceptors (Lipinski definition) is 4. The van der Waals surface area contributed by atoms with E-state index >= 15 is 0 Å². The molecule has 33 heavy (non-hydrogen) atoms. The second-order valence-electron chi connectivity index (χ2n) is 10.3. The van der Waals surface area contributed by atoms with E-state index in [0.29, 0.717) is 0 Å². The van der Waals surface area contributed by atoms with E-state index in [0.717, 1.165) is 21.9 Å². The smallest absolute Gasteiger partial charge is 0.241 e. The molecule has 2 aliphatic rings. The van der Waals surface area contributed by atoms with Crippen LogP contribution in [0.25, 0.3) is 10.8 Å². The Hall–Kier alpha value is -3.25. The molecule has 0 aromatic heterocycles. The predicted molar refractivity (Wildman–Crippen MR) is 128 cm³/mol. The van der Waals surface area contributed by atoms with Gasteiger partial charge in [0, 0.05) is 12.0 Å². The summed E-state index contributed by atoms with van der Waals surface area (Å²) in [6, 6.07) is 21.6. The predicted octanol–water partition coefficient (Wildman–Crippen LogP) is 4.84. The Balaban J connectivity index is 1.75. The highest BCUT2D eigenvalue weighted by atomic mass is 16.6. The van der Waals surface area contributed by atoms with Crippen molar-refractivity contribution in [3.63, 3.8) is 0 Å². The Morgan fingerprint density at radius 1 is 0.848 bits per heavy atom. The Kier molecular flexibility index (Phi) is 5.01. The molecule has 6 heteroatoms. The molecule has 3 aromatic rings. The van der Waals surface area contributed by atoms with Crippen molar-refractivity contribution in [3.05, 3.63) is 94.0 Å². The summed E-state index contributed by atoms with van der Waals surface area (Å²) in [7, 11) is 1.83. The van der Waals surface area contributed by atoms with E-state index in [1.165, 1.54) is 0 Å². The van der Waals surface area contributed by atoms with E-state index in [-0.39, 0.29) is 22.4 Å². The third-order valence-electron chi connectivity index (χ3n) is 7.24. The van der Waals surface area contributed by atoms with Gasteiger partial charge >= 0.3 is 0 Å². The number of likely N-dealkylation sites (N-methyl/N-ethyl adjacent to an activating group) is 1. The molecule has 2 heterocycles. The molecule has 3 aromatic carbocycles. The lowest BCUT2D eigenvalue weighted by atomic mass is 9.84. The molecule has 0 saturated carbocycles. The molecule has 0 aliphatic carbocycles. The summed E-state index contributed by atoms with van der Waals surface area (Å²) in [5.74, 6) is -0.570. The van der Waals surface area contributed by atoms with Crippen LogP contribution in [0.3, 0.4) is 0 Å². The van der Waals surface area contributed by atoms with Gasteiger partial charge in [-0.2, -0.15) is 0 Å². The number of carbonyl (C=O) groups excluding carboxylic acids is 1. The van der Waals surface area contributed by atoms with Crippen molar-refractivity contribution in [2.24, 2.45) is 5.41 Å². The standard InChI is InChI=1S/C27H29N3O3/c1-27(2,3)26-28(4)25(31)24-21(18-11-6-5-7-12-18)23(30(32)33)22(29(24)26)20-15-14-17-10-8-9-13-19(17)16-20/h5-16,21-24,26H,1-4H3/t21-,22+,23-,24?,26?/m0/s1. The van der Waals surface area contributed by atoms with E-state index < -0.39 is 24.0 Å². The van der Waals surface area contributed by atoms with Gasteiger partial charge in [-0.15, -0.1) is 0 Å². The quantitative estimate of drug-likeness (QED) is 0.429. The lowest BCUT2D eigenvalue weighted by Gasteiger charge is -2.40. The maximum Gasteiger partial charge on any atom is 0.241 e. The third-order valence-corrected chi connectivity index (χ3v) is 7.24. The molecule has 2 aliphatic heterocycles. The van der Waals surface area contributed by atoms with Gasteiger partial charge in [-0.05, 0) is 33.4 Å². The molecule has 0 bridgehead atoms. The van der Waals surface area contributed by atoms with Crippen LogP contribution in [0.5, 0.6) is 0 Å².